The lowest BCUT2D eigenvalue weighted by Crippen LogP contribution is -2.08. The molecule has 0 N–H and O–H groups in total. The highest BCUT2D eigenvalue weighted by Gasteiger charge is 2.20. The molecule has 0 aliphatic heterocycles. The van der Waals surface area contributed by atoms with Gasteiger partial charge in [0.15, 0.2) is 0 Å². The third kappa shape index (κ3) is 1.84. The molecule has 0 radical (unpaired) electrons. The van der Waals surface area contributed by atoms with E-state index in [1.165, 1.54) is 19.1 Å². The first-order valence-electron chi connectivity index (χ1n) is 5.02. The van der Waals surface area contributed by atoms with E-state index >= 15 is 0 Å². The third-order valence-electron chi connectivity index (χ3n) is 2.38. The van der Waals surface area contributed by atoms with E-state index in [1.807, 2.05) is 13.8 Å². The van der Waals surface area contributed by atoms with Gasteiger partial charge in [0.25, 0.3) is 0 Å². The maximum atomic E-state index is 13.7. The zero-order valence-electron chi connectivity index (χ0n) is 9.11. The maximum absolute atomic E-state index is 13.7. The molecule has 0 bridgehead atoms. The Balaban J connectivity index is 2.51. The highest BCUT2D eigenvalue weighted by molar-refractivity contribution is 5.64. The van der Waals surface area contributed by atoms with Gasteiger partial charge in [-0.2, -0.15) is 0 Å². The second-order valence-electron chi connectivity index (χ2n) is 4.22. The summed E-state index contributed by atoms with van der Waals surface area (Å²) in [5.74, 6) is 0. The minimum Gasteiger partial charge on any atom is -0.242 e. The van der Waals surface area contributed by atoms with E-state index in [9.17, 15) is 4.39 Å². The Hall–Kier alpha value is -1.45. The van der Waals surface area contributed by atoms with Crippen LogP contribution >= 0.6 is 0 Å². The van der Waals surface area contributed by atoms with Gasteiger partial charge in [0.05, 0.1) is 5.69 Å². The van der Waals surface area contributed by atoms with E-state index in [4.69, 9.17) is 0 Å². The number of nitrogens with zero attached hydrogens (tertiary/aromatic N) is 3. The first-order valence-corrected chi connectivity index (χ1v) is 5.02. The van der Waals surface area contributed by atoms with E-state index in [1.54, 1.807) is 16.8 Å². The predicted molar refractivity (Wildman–Crippen MR) is 58.0 cm³/mol. The van der Waals surface area contributed by atoms with Crippen molar-refractivity contribution in [3.05, 3.63) is 23.5 Å². The van der Waals surface area contributed by atoms with Crippen LogP contribution in [0.15, 0.2) is 12.2 Å². The molecule has 15 heavy (non-hydrogen) atoms. The molecule has 3 nitrogen and oxygen atoms in total. The molecular weight excluding hydrogens is 193 g/mol. The molecule has 0 spiro atoms. The number of fused-ring (bicyclic) bond motifs is 1. The summed E-state index contributed by atoms with van der Waals surface area (Å²) in [6.45, 7) is 5.55. The smallest absolute Gasteiger partial charge is 0.145 e. The number of hydrogen-bond acceptors (Lipinski definition) is 2. The second kappa shape index (κ2) is 3.29. The van der Waals surface area contributed by atoms with Crippen molar-refractivity contribution in [2.75, 3.05) is 0 Å². The van der Waals surface area contributed by atoms with Crippen molar-refractivity contribution in [3.8, 4) is 0 Å². The van der Waals surface area contributed by atoms with E-state index in [-0.39, 0.29) is 6.04 Å². The summed E-state index contributed by atoms with van der Waals surface area (Å²) >= 11 is 0. The molecule has 80 valence electrons. The van der Waals surface area contributed by atoms with Crippen LogP contribution in [0.2, 0.25) is 0 Å². The Bertz CT molecular complexity index is 427. The summed E-state index contributed by atoms with van der Waals surface area (Å²) in [4.78, 5) is 0. The Morgan fingerprint density at radius 1 is 1.33 bits per heavy atom. The van der Waals surface area contributed by atoms with Crippen LogP contribution in [0.4, 0.5) is 4.39 Å². The zero-order chi connectivity index (χ0) is 11.1. The number of hydrogen-bond donors (Lipinski definition) is 0. The molecule has 1 heterocycles. The maximum Gasteiger partial charge on any atom is 0.145 e. The third-order valence-corrected chi connectivity index (χ3v) is 2.38. The van der Waals surface area contributed by atoms with E-state index in [0.717, 1.165) is 11.4 Å². The van der Waals surface area contributed by atoms with Crippen molar-refractivity contribution >= 4 is 12.2 Å². The lowest BCUT2D eigenvalue weighted by Gasteiger charge is -2.08. The van der Waals surface area contributed by atoms with Crippen molar-refractivity contribution in [2.45, 2.75) is 32.5 Å². The predicted octanol–water partition coefficient (Wildman–Crippen LogP) is 2.63. The van der Waals surface area contributed by atoms with Crippen LogP contribution in [-0.4, -0.2) is 20.7 Å². The van der Waals surface area contributed by atoms with Crippen LogP contribution in [-0.2, 0) is 0 Å². The fourth-order valence-electron chi connectivity index (χ4n) is 1.51. The summed E-state index contributed by atoms with van der Waals surface area (Å²) in [6, 6.07) is 0.225. The molecule has 4 heteroatoms. The minimum absolute atomic E-state index is 0.225. The second-order valence-corrected chi connectivity index (χ2v) is 4.22. The molecule has 1 aromatic heterocycles. The minimum atomic E-state index is -1.40. The SMILES string of the molecule is CC(C)n1nnc2c1C=CC(C)(F)C=C2. The van der Waals surface area contributed by atoms with E-state index in [2.05, 4.69) is 10.3 Å². The average Bonchev–Trinajstić information content (AvgIpc) is 2.49. The van der Waals surface area contributed by atoms with Crippen molar-refractivity contribution in [1.29, 1.82) is 0 Å². The number of rotatable bonds is 1. The summed E-state index contributed by atoms with van der Waals surface area (Å²) in [5.41, 5.74) is 0.187. The largest absolute Gasteiger partial charge is 0.242 e. The quantitative estimate of drug-likeness (QED) is 0.708. The molecule has 1 aromatic rings. The van der Waals surface area contributed by atoms with Crippen molar-refractivity contribution in [3.63, 3.8) is 0 Å². The molecule has 1 aliphatic rings. The lowest BCUT2D eigenvalue weighted by atomic mass is 10.1. The van der Waals surface area contributed by atoms with Crippen LogP contribution in [0.1, 0.15) is 38.2 Å². The van der Waals surface area contributed by atoms with Gasteiger partial charge < -0.3 is 0 Å². The van der Waals surface area contributed by atoms with Gasteiger partial charge in [-0.3, -0.25) is 0 Å². The molecule has 1 aliphatic carbocycles. The van der Waals surface area contributed by atoms with Crippen LogP contribution in [0, 0.1) is 0 Å². The molecule has 0 fully saturated rings. The normalized spacial score (nSPS) is 24.3. The number of allylic oxidation sites excluding steroid dienone is 2. The monoisotopic (exact) mass is 207 g/mol. The van der Waals surface area contributed by atoms with Gasteiger partial charge in [-0.1, -0.05) is 5.21 Å². The molecule has 0 amide bonds. The Morgan fingerprint density at radius 3 is 2.67 bits per heavy atom. The van der Waals surface area contributed by atoms with Crippen LogP contribution in [0.5, 0.6) is 0 Å². The average molecular weight is 207 g/mol. The molecule has 0 saturated carbocycles. The zero-order valence-corrected chi connectivity index (χ0v) is 9.11. The van der Waals surface area contributed by atoms with Crippen molar-refractivity contribution in [2.24, 2.45) is 0 Å². The van der Waals surface area contributed by atoms with Crippen molar-refractivity contribution < 1.29 is 4.39 Å². The fourth-order valence-corrected chi connectivity index (χ4v) is 1.51. The molecule has 1 atom stereocenters. The van der Waals surface area contributed by atoms with Crippen LogP contribution < -0.4 is 0 Å². The summed E-state index contributed by atoms with van der Waals surface area (Å²) < 4.78 is 15.5. The lowest BCUT2D eigenvalue weighted by molar-refractivity contribution is 0.331. The number of aromatic nitrogens is 3. The van der Waals surface area contributed by atoms with Gasteiger partial charge in [-0.25, -0.2) is 9.07 Å². The molecular formula is C11H14FN3. The summed E-state index contributed by atoms with van der Waals surface area (Å²) in [5, 5.41) is 8.04. The van der Waals surface area contributed by atoms with Gasteiger partial charge in [0.1, 0.15) is 11.4 Å². The van der Waals surface area contributed by atoms with Crippen molar-refractivity contribution in [1.82, 2.24) is 15.0 Å². The topological polar surface area (TPSA) is 30.7 Å². The Labute approximate surface area is 88.3 Å². The van der Waals surface area contributed by atoms with Gasteiger partial charge in [-0.15, -0.1) is 5.10 Å². The summed E-state index contributed by atoms with van der Waals surface area (Å²) in [7, 11) is 0. The fraction of sp³-hybridized carbons (Fsp3) is 0.455. The van der Waals surface area contributed by atoms with Gasteiger partial charge >= 0.3 is 0 Å². The molecule has 0 saturated heterocycles. The van der Waals surface area contributed by atoms with Gasteiger partial charge in [0.2, 0.25) is 0 Å². The van der Waals surface area contributed by atoms with Crippen LogP contribution in [0.25, 0.3) is 12.2 Å². The Kier molecular flexibility index (Phi) is 2.21. The summed E-state index contributed by atoms with van der Waals surface area (Å²) in [6.07, 6.45) is 6.45. The highest BCUT2D eigenvalue weighted by Crippen LogP contribution is 2.24. The standard InChI is InChI=1S/C11H14FN3/c1-8(2)15-10-5-7-11(3,12)6-4-9(10)13-14-15/h4-8H,1-3H3. The first kappa shape index (κ1) is 10.1. The van der Waals surface area contributed by atoms with Gasteiger partial charge in [-0.05, 0) is 45.1 Å². The molecule has 1 unspecified atom stereocenters. The van der Waals surface area contributed by atoms with Gasteiger partial charge in [0, 0.05) is 6.04 Å². The first-order chi connectivity index (χ1) is 6.99. The molecule has 2 rings (SSSR count). The van der Waals surface area contributed by atoms with E-state index < -0.39 is 5.67 Å². The highest BCUT2D eigenvalue weighted by atomic mass is 19.1. The number of alkyl halides is 1. The molecule has 0 aromatic carbocycles. The van der Waals surface area contributed by atoms with Crippen LogP contribution in [0.3, 0.4) is 0 Å². The Morgan fingerprint density at radius 2 is 2.00 bits per heavy atom. The number of halogens is 1. The van der Waals surface area contributed by atoms with E-state index in [0.29, 0.717) is 0 Å².